The highest BCUT2D eigenvalue weighted by molar-refractivity contribution is 7.15. The number of anilines is 1. The first-order valence-corrected chi connectivity index (χ1v) is 5.98. The number of aromatic nitrogens is 1. The zero-order valence-electron chi connectivity index (χ0n) is 9.74. The first-order valence-electron chi connectivity index (χ1n) is 5.17. The van der Waals surface area contributed by atoms with Gasteiger partial charge < -0.3 is 4.90 Å². The van der Waals surface area contributed by atoms with Crippen LogP contribution in [0.1, 0.15) is 24.4 Å². The number of nitriles is 1. The van der Waals surface area contributed by atoms with Crippen LogP contribution in [0.3, 0.4) is 0 Å². The van der Waals surface area contributed by atoms with E-state index in [1.807, 2.05) is 13.8 Å². The third-order valence-electron chi connectivity index (χ3n) is 2.38. The van der Waals surface area contributed by atoms with Crippen molar-refractivity contribution in [2.45, 2.75) is 27.7 Å². The summed E-state index contributed by atoms with van der Waals surface area (Å²) < 4.78 is 0. The Hall–Kier alpha value is -1.08. The lowest BCUT2D eigenvalue weighted by molar-refractivity contribution is 0.684. The fourth-order valence-corrected chi connectivity index (χ4v) is 2.29. The lowest BCUT2D eigenvalue weighted by Gasteiger charge is -2.20. The minimum atomic E-state index is 0.0504. The molecule has 0 aromatic carbocycles. The van der Waals surface area contributed by atoms with Crippen LogP contribution in [0.4, 0.5) is 5.13 Å². The van der Waals surface area contributed by atoms with Gasteiger partial charge >= 0.3 is 0 Å². The smallest absolute Gasteiger partial charge is 0.185 e. The van der Waals surface area contributed by atoms with Crippen molar-refractivity contribution in [3.05, 3.63) is 10.6 Å². The predicted molar refractivity (Wildman–Crippen MR) is 64.3 cm³/mol. The van der Waals surface area contributed by atoms with E-state index >= 15 is 0 Å². The molecule has 0 saturated carbocycles. The van der Waals surface area contributed by atoms with E-state index in [0.717, 1.165) is 23.9 Å². The molecule has 1 aromatic rings. The van der Waals surface area contributed by atoms with E-state index in [-0.39, 0.29) is 5.92 Å². The molecule has 0 fully saturated rings. The molecule has 0 saturated heterocycles. The monoisotopic (exact) mass is 223 g/mol. The topological polar surface area (TPSA) is 39.9 Å². The van der Waals surface area contributed by atoms with E-state index < -0.39 is 0 Å². The van der Waals surface area contributed by atoms with Gasteiger partial charge in [-0.05, 0) is 27.7 Å². The van der Waals surface area contributed by atoms with Gasteiger partial charge in [-0.15, -0.1) is 11.3 Å². The van der Waals surface area contributed by atoms with Crippen LogP contribution in [0.25, 0.3) is 0 Å². The molecule has 0 spiro atoms. The van der Waals surface area contributed by atoms with Crippen LogP contribution >= 0.6 is 11.3 Å². The van der Waals surface area contributed by atoms with Crippen LogP contribution in [-0.4, -0.2) is 18.1 Å². The van der Waals surface area contributed by atoms with Gasteiger partial charge in [-0.3, -0.25) is 0 Å². The minimum absolute atomic E-state index is 0.0504. The summed E-state index contributed by atoms with van der Waals surface area (Å²) in [6, 6.07) is 2.26. The summed E-state index contributed by atoms with van der Waals surface area (Å²) in [7, 11) is 0. The molecule has 0 radical (unpaired) electrons. The molecule has 1 aromatic heterocycles. The summed E-state index contributed by atoms with van der Waals surface area (Å²) in [5.41, 5.74) is 1.10. The molecular formula is C11H17N3S. The predicted octanol–water partition coefficient (Wildman–Crippen LogP) is 2.75. The van der Waals surface area contributed by atoms with Crippen molar-refractivity contribution in [1.82, 2.24) is 4.98 Å². The number of aryl methyl sites for hydroxylation is 2. The number of thiazole rings is 1. The highest BCUT2D eigenvalue weighted by atomic mass is 32.1. The molecule has 0 N–H and O–H groups in total. The molecule has 15 heavy (non-hydrogen) atoms. The normalized spacial score (nSPS) is 12.2. The van der Waals surface area contributed by atoms with Gasteiger partial charge in [0.15, 0.2) is 5.13 Å². The highest BCUT2D eigenvalue weighted by Gasteiger charge is 2.13. The van der Waals surface area contributed by atoms with Crippen molar-refractivity contribution in [2.75, 3.05) is 18.0 Å². The second kappa shape index (κ2) is 5.13. The Morgan fingerprint density at radius 1 is 1.53 bits per heavy atom. The lowest BCUT2D eigenvalue weighted by atomic mass is 10.2. The van der Waals surface area contributed by atoms with Crippen LogP contribution in [-0.2, 0) is 0 Å². The van der Waals surface area contributed by atoms with Crippen molar-refractivity contribution >= 4 is 16.5 Å². The van der Waals surface area contributed by atoms with Gasteiger partial charge in [0.25, 0.3) is 0 Å². The summed E-state index contributed by atoms with van der Waals surface area (Å²) in [6.45, 7) is 9.80. The maximum Gasteiger partial charge on any atom is 0.185 e. The fraction of sp³-hybridized carbons (Fsp3) is 0.636. The molecular weight excluding hydrogens is 206 g/mol. The summed E-state index contributed by atoms with van der Waals surface area (Å²) in [5, 5.41) is 9.83. The summed E-state index contributed by atoms with van der Waals surface area (Å²) in [6.07, 6.45) is 0. The number of hydrogen-bond acceptors (Lipinski definition) is 4. The average molecular weight is 223 g/mol. The average Bonchev–Trinajstić information content (AvgIpc) is 2.55. The van der Waals surface area contributed by atoms with Gasteiger partial charge in [0.05, 0.1) is 17.7 Å². The molecule has 0 aliphatic rings. The van der Waals surface area contributed by atoms with E-state index in [2.05, 4.69) is 29.8 Å². The van der Waals surface area contributed by atoms with E-state index in [1.165, 1.54) is 4.88 Å². The van der Waals surface area contributed by atoms with Gasteiger partial charge in [-0.2, -0.15) is 5.26 Å². The van der Waals surface area contributed by atoms with E-state index in [0.29, 0.717) is 0 Å². The van der Waals surface area contributed by atoms with Crippen molar-refractivity contribution < 1.29 is 0 Å². The molecule has 4 heteroatoms. The Bertz CT molecular complexity index is 345. The molecule has 1 rings (SSSR count). The van der Waals surface area contributed by atoms with Crippen LogP contribution in [0.5, 0.6) is 0 Å². The second-order valence-electron chi connectivity index (χ2n) is 3.71. The maximum absolute atomic E-state index is 8.79. The molecule has 0 aliphatic carbocycles. The molecule has 1 atom stereocenters. The third kappa shape index (κ3) is 2.93. The van der Waals surface area contributed by atoms with Gasteiger partial charge in [-0.1, -0.05) is 0 Å². The van der Waals surface area contributed by atoms with Crippen molar-refractivity contribution in [2.24, 2.45) is 5.92 Å². The van der Waals surface area contributed by atoms with Gasteiger partial charge in [0.2, 0.25) is 0 Å². The van der Waals surface area contributed by atoms with Gasteiger partial charge in [0, 0.05) is 18.0 Å². The largest absolute Gasteiger partial charge is 0.347 e. The second-order valence-corrected chi connectivity index (χ2v) is 4.89. The van der Waals surface area contributed by atoms with Crippen LogP contribution in [0.15, 0.2) is 0 Å². The van der Waals surface area contributed by atoms with Crippen molar-refractivity contribution in [3.8, 4) is 6.07 Å². The Kier molecular flexibility index (Phi) is 4.10. The van der Waals surface area contributed by atoms with Crippen LogP contribution in [0.2, 0.25) is 0 Å². The van der Waals surface area contributed by atoms with E-state index in [9.17, 15) is 0 Å². The Balaban J connectivity index is 2.79. The highest BCUT2D eigenvalue weighted by Crippen LogP contribution is 2.25. The molecule has 3 nitrogen and oxygen atoms in total. The lowest BCUT2D eigenvalue weighted by Crippen LogP contribution is -2.27. The number of rotatable bonds is 4. The van der Waals surface area contributed by atoms with Crippen molar-refractivity contribution in [1.29, 1.82) is 5.26 Å². The third-order valence-corrected chi connectivity index (χ3v) is 3.52. The SMILES string of the molecule is CCN(CC(C)C#N)c1nc(C)c(C)s1. The van der Waals surface area contributed by atoms with Crippen LogP contribution < -0.4 is 4.90 Å². The summed E-state index contributed by atoms with van der Waals surface area (Å²) in [4.78, 5) is 7.93. The molecule has 82 valence electrons. The zero-order valence-corrected chi connectivity index (χ0v) is 10.6. The minimum Gasteiger partial charge on any atom is -0.347 e. The number of hydrogen-bond donors (Lipinski definition) is 0. The maximum atomic E-state index is 8.79. The quantitative estimate of drug-likeness (QED) is 0.788. The Morgan fingerprint density at radius 2 is 2.20 bits per heavy atom. The van der Waals surface area contributed by atoms with Gasteiger partial charge in [0.1, 0.15) is 0 Å². The molecule has 0 amide bonds. The molecule has 0 bridgehead atoms. The van der Waals surface area contributed by atoms with E-state index in [1.54, 1.807) is 11.3 Å². The fourth-order valence-electron chi connectivity index (χ4n) is 1.30. The summed E-state index contributed by atoms with van der Waals surface area (Å²) >= 11 is 1.70. The first kappa shape index (κ1) is 12.0. The van der Waals surface area contributed by atoms with Gasteiger partial charge in [-0.25, -0.2) is 4.98 Å². The Morgan fingerprint density at radius 3 is 2.60 bits per heavy atom. The standard InChI is InChI=1S/C11H17N3S/c1-5-14(7-8(2)6-12)11-13-9(3)10(4)15-11/h8H,5,7H2,1-4H3. The van der Waals surface area contributed by atoms with Crippen molar-refractivity contribution in [3.63, 3.8) is 0 Å². The molecule has 0 aliphatic heterocycles. The number of nitrogens with zero attached hydrogens (tertiary/aromatic N) is 3. The first-order chi connectivity index (χ1) is 7.08. The molecule has 1 heterocycles. The summed E-state index contributed by atoms with van der Waals surface area (Å²) in [5.74, 6) is 0.0504. The van der Waals surface area contributed by atoms with E-state index in [4.69, 9.17) is 5.26 Å². The van der Waals surface area contributed by atoms with Crippen LogP contribution in [0, 0.1) is 31.1 Å². The Labute approximate surface area is 95.4 Å². The molecule has 1 unspecified atom stereocenters. The zero-order chi connectivity index (χ0) is 11.4.